The van der Waals surface area contributed by atoms with Crippen molar-refractivity contribution in [3.8, 4) is 0 Å². The van der Waals surface area contributed by atoms with Gasteiger partial charge in [0.2, 0.25) is 0 Å². The predicted octanol–water partition coefficient (Wildman–Crippen LogP) is 5.24. The van der Waals surface area contributed by atoms with Gasteiger partial charge < -0.3 is 11.5 Å². The van der Waals surface area contributed by atoms with E-state index in [0.717, 1.165) is 24.8 Å². The lowest BCUT2D eigenvalue weighted by Gasteiger charge is -2.34. The van der Waals surface area contributed by atoms with Gasteiger partial charge in [0, 0.05) is 25.1 Å². The highest BCUT2D eigenvalue weighted by molar-refractivity contribution is 5.50. The summed E-state index contributed by atoms with van der Waals surface area (Å²) in [6.07, 6.45) is 3.40. The summed E-state index contributed by atoms with van der Waals surface area (Å²) in [7, 11) is 0. The second-order valence-electron chi connectivity index (χ2n) is 7.56. The van der Waals surface area contributed by atoms with Crippen LogP contribution >= 0.6 is 0 Å². The van der Waals surface area contributed by atoms with Gasteiger partial charge in [0.1, 0.15) is 0 Å². The van der Waals surface area contributed by atoms with Gasteiger partial charge >= 0.3 is 0 Å². The lowest BCUT2D eigenvalue weighted by Crippen LogP contribution is -2.43. The molecule has 0 aromatic heterocycles. The van der Waals surface area contributed by atoms with Gasteiger partial charge in [-0.05, 0) is 43.1 Å². The highest BCUT2D eigenvalue weighted by Crippen LogP contribution is 2.30. The van der Waals surface area contributed by atoms with Crippen LogP contribution in [-0.4, -0.2) is 21.9 Å². The maximum atomic E-state index is 10.7. The monoisotopic (exact) mass is 400 g/mol. The topological polar surface area (TPSA) is 138 Å². The van der Waals surface area contributed by atoms with Crippen LogP contribution in [-0.2, 0) is 0 Å². The minimum Gasteiger partial charge on any atom is -0.328 e. The van der Waals surface area contributed by atoms with Gasteiger partial charge in [-0.15, -0.1) is 0 Å². The second kappa shape index (κ2) is 12.4. The Morgan fingerprint density at radius 1 is 1.04 bits per heavy atom. The molecule has 1 fully saturated rings. The van der Waals surface area contributed by atoms with Crippen molar-refractivity contribution in [1.29, 1.82) is 0 Å². The fraction of sp³-hybridized carbons (Fsp3) is 0.700. The Morgan fingerprint density at radius 2 is 1.61 bits per heavy atom. The molecule has 0 radical (unpaired) electrons. The van der Waals surface area contributed by atoms with Gasteiger partial charge in [0.25, 0.3) is 11.4 Å². The molecule has 8 heteroatoms. The highest BCUT2D eigenvalue weighted by Gasteiger charge is 2.27. The third-order valence-corrected chi connectivity index (χ3v) is 4.90. The van der Waals surface area contributed by atoms with E-state index in [1.807, 2.05) is 0 Å². The molecule has 0 spiro atoms. The van der Waals surface area contributed by atoms with Crippen LogP contribution in [0.2, 0.25) is 0 Å². The van der Waals surface area contributed by atoms with E-state index in [2.05, 4.69) is 13.8 Å². The minimum absolute atomic E-state index is 0. The molecule has 164 valence electrons. The quantitative estimate of drug-likeness (QED) is 0.523. The molecule has 3 atom stereocenters. The number of hydrogen-bond donors (Lipinski definition) is 2. The Hall–Kier alpha value is -2.06. The van der Waals surface area contributed by atoms with Crippen LogP contribution in [0, 0.1) is 32.1 Å². The molecular weight excluding hydrogens is 360 g/mol. The summed E-state index contributed by atoms with van der Waals surface area (Å²) in [5.74, 6) is 1.39. The summed E-state index contributed by atoms with van der Waals surface area (Å²) in [5.41, 5.74) is 11.8. The largest absolute Gasteiger partial charge is 0.328 e. The predicted molar refractivity (Wildman–Crippen MR) is 118 cm³/mol. The van der Waals surface area contributed by atoms with E-state index < -0.39 is 9.85 Å². The highest BCUT2D eigenvalue weighted by atomic mass is 16.6. The van der Waals surface area contributed by atoms with Gasteiger partial charge in [-0.25, -0.2) is 0 Å². The molecule has 1 aromatic carbocycles. The molecular formula is C20H40N4O4. The normalized spacial score (nSPS) is 21.1. The Morgan fingerprint density at radius 3 is 2.00 bits per heavy atom. The molecule has 1 aliphatic carbocycles. The fourth-order valence-corrected chi connectivity index (χ4v) is 3.38. The first-order chi connectivity index (χ1) is 12.0. The number of nitrogens with two attached hydrogens (primary N) is 2. The van der Waals surface area contributed by atoms with Crippen molar-refractivity contribution >= 4 is 11.4 Å². The van der Waals surface area contributed by atoms with Crippen LogP contribution in [0.25, 0.3) is 0 Å². The molecule has 2 rings (SSSR count). The first kappa shape index (κ1) is 28.2. The number of rotatable bonds is 4. The van der Waals surface area contributed by atoms with Gasteiger partial charge in [0.15, 0.2) is 0 Å². The van der Waals surface area contributed by atoms with Crippen LogP contribution in [0.15, 0.2) is 18.2 Å². The molecule has 0 aliphatic heterocycles. The molecule has 1 saturated carbocycles. The van der Waals surface area contributed by atoms with Crippen molar-refractivity contribution in [3.05, 3.63) is 44.0 Å². The van der Waals surface area contributed by atoms with Crippen molar-refractivity contribution in [1.82, 2.24) is 0 Å². The van der Waals surface area contributed by atoms with Gasteiger partial charge in [0.05, 0.1) is 15.9 Å². The molecule has 8 nitrogen and oxygen atoms in total. The molecule has 28 heavy (non-hydrogen) atoms. The average Bonchev–Trinajstić information content (AvgIpc) is 2.54. The van der Waals surface area contributed by atoms with E-state index in [1.165, 1.54) is 18.6 Å². The third kappa shape index (κ3) is 7.90. The maximum absolute atomic E-state index is 10.7. The van der Waals surface area contributed by atoms with Gasteiger partial charge in [-0.3, -0.25) is 20.2 Å². The van der Waals surface area contributed by atoms with Gasteiger partial charge in [-0.1, -0.05) is 42.5 Å². The van der Waals surface area contributed by atoms with E-state index in [9.17, 15) is 20.2 Å². The van der Waals surface area contributed by atoms with Crippen molar-refractivity contribution in [3.63, 3.8) is 0 Å². The lowest BCUT2D eigenvalue weighted by molar-refractivity contribution is -0.394. The van der Waals surface area contributed by atoms with Crippen LogP contribution in [0.3, 0.4) is 0 Å². The second-order valence-corrected chi connectivity index (χ2v) is 7.56. The molecule has 0 amide bonds. The summed E-state index contributed by atoms with van der Waals surface area (Å²) in [5, 5.41) is 21.1. The number of benzene rings is 1. The van der Waals surface area contributed by atoms with Crippen LogP contribution in [0.1, 0.15) is 74.7 Å². The zero-order chi connectivity index (χ0) is 20.0. The summed E-state index contributed by atoms with van der Waals surface area (Å²) in [6, 6.07) is 4.41. The fourth-order valence-electron chi connectivity index (χ4n) is 3.38. The SMILES string of the molecule is C.C.CC(C)C1CCC(N)CC1N.CC(C)c1ccc([N+](=O)[O-])cc1[N+](=O)[O-].[HH]. The van der Waals surface area contributed by atoms with E-state index in [0.29, 0.717) is 23.6 Å². The van der Waals surface area contributed by atoms with Crippen LogP contribution in [0.5, 0.6) is 0 Å². The average molecular weight is 401 g/mol. The standard InChI is InChI=1S/C9H10N2O4.C9H20N2.2CH4.H2/c1-6(2)8-4-3-7(10(12)13)5-9(8)11(14)15;1-6(2)8-4-3-7(10)5-9(8)11;;;/h3-6H,1-2H3;6-9H,3-5,10-11H2,1-2H3;2*1H4;1H. The summed E-state index contributed by atoms with van der Waals surface area (Å²) in [6.45, 7) is 8.10. The molecule has 1 aromatic rings. The summed E-state index contributed by atoms with van der Waals surface area (Å²) < 4.78 is 0. The molecule has 0 heterocycles. The smallest absolute Gasteiger partial charge is 0.279 e. The third-order valence-electron chi connectivity index (χ3n) is 4.90. The first-order valence-electron chi connectivity index (χ1n) is 8.98. The van der Waals surface area contributed by atoms with Crippen molar-refractivity contribution < 1.29 is 11.3 Å². The Balaban J connectivity index is -0.000000437. The number of non-ortho nitro benzene ring substituents is 1. The zero-order valence-corrected chi connectivity index (χ0v) is 15.9. The molecule has 3 unspecified atom stereocenters. The van der Waals surface area contributed by atoms with E-state index in [4.69, 9.17) is 11.5 Å². The van der Waals surface area contributed by atoms with Crippen molar-refractivity contribution in [2.45, 2.75) is 79.8 Å². The molecule has 1 aliphatic rings. The molecule has 4 N–H and O–H groups in total. The lowest BCUT2D eigenvalue weighted by atomic mass is 9.76. The van der Waals surface area contributed by atoms with E-state index in [-0.39, 0.29) is 33.6 Å². The maximum Gasteiger partial charge on any atom is 0.279 e. The Bertz CT molecular complexity index is 641. The number of nitro benzene ring substituents is 2. The summed E-state index contributed by atoms with van der Waals surface area (Å²) >= 11 is 0. The number of hydrogen-bond acceptors (Lipinski definition) is 6. The first-order valence-corrected chi connectivity index (χ1v) is 8.98. The van der Waals surface area contributed by atoms with Gasteiger partial charge in [-0.2, -0.15) is 0 Å². The Labute approximate surface area is 170 Å². The molecule has 0 bridgehead atoms. The summed E-state index contributed by atoms with van der Waals surface area (Å²) in [4.78, 5) is 19.9. The van der Waals surface area contributed by atoms with Crippen molar-refractivity contribution in [2.75, 3.05) is 0 Å². The van der Waals surface area contributed by atoms with Crippen molar-refractivity contribution in [2.24, 2.45) is 23.3 Å². The van der Waals surface area contributed by atoms with Crippen LogP contribution in [0.4, 0.5) is 11.4 Å². The number of nitrogens with zero attached hydrogens (tertiary/aromatic N) is 2. The van der Waals surface area contributed by atoms with E-state index in [1.54, 1.807) is 13.8 Å². The zero-order valence-electron chi connectivity index (χ0n) is 15.9. The molecule has 0 saturated heterocycles. The van der Waals surface area contributed by atoms with E-state index >= 15 is 0 Å². The van der Waals surface area contributed by atoms with Crippen LogP contribution < -0.4 is 11.5 Å². The number of nitro groups is 2. The minimum atomic E-state index is -0.642. The Kier molecular flexibility index (Phi) is 12.5.